The summed E-state index contributed by atoms with van der Waals surface area (Å²) in [5, 5.41) is 0. The Balaban J connectivity index is 0.616. The number of nitrogens with zero attached hydrogens (tertiary/aromatic N) is 4. The highest BCUT2D eigenvalue weighted by molar-refractivity contribution is 5.89. The molecule has 3 aliphatic rings. The zero-order chi connectivity index (χ0) is 72.2. The van der Waals surface area contributed by atoms with Crippen molar-refractivity contribution in [3.8, 4) is 66.8 Å². The number of hydrogen-bond acceptors (Lipinski definition) is 4. The van der Waals surface area contributed by atoms with E-state index in [1.807, 2.05) is 0 Å². The molecule has 0 fully saturated rings. The maximum absolute atomic E-state index is 2.60. The minimum absolute atomic E-state index is 0.0284. The third kappa shape index (κ3) is 13.9. The van der Waals surface area contributed by atoms with Crippen molar-refractivity contribution in [3.05, 3.63) is 367 Å². The van der Waals surface area contributed by atoms with E-state index in [0.717, 1.165) is 68.0 Å². The van der Waals surface area contributed by atoms with Gasteiger partial charge in [0.15, 0.2) is 0 Å². The third-order valence-corrected chi connectivity index (χ3v) is 23.4. The number of unbranched alkanes of at least 4 members (excludes halogenated alkanes) is 6. The second kappa shape index (κ2) is 30.4. The van der Waals surface area contributed by atoms with E-state index in [2.05, 4.69) is 375 Å². The SMILES string of the molecule is CCCCCCC1(CCCCCC)c2cc(C)ccc2-c2ccc(N(c3ccc(-c4ccc(N(c5ccccc5)c5ccc(-c6ccc(N(c7ccccc7)c7ccc(-c8ccc(N(C)c9ccc(-c%10ccc%11c(c%10)CC%11)cc9)cc8)cc7)cc6)cc5)cc4)cc3)c3ccc(-c4ccc5c(c4)CC5)cc3)cc21. The van der Waals surface area contributed by atoms with Crippen LogP contribution in [0.3, 0.4) is 0 Å². The van der Waals surface area contributed by atoms with Gasteiger partial charge in [-0.2, -0.15) is 0 Å². The Bertz CT molecular complexity index is 5380. The Morgan fingerprint density at radius 1 is 0.243 bits per heavy atom. The highest BCUT2D eigenvalue weighted by atomic mass is 15.2. The maximum atomic E-state index is 2.60. The van der Waals surface area contributed by atoms with Crippen molar-refractivity contribution in [2.45, 2.75) is 116 Å². The van der Waals surface area contributed by atoms with E-state index in [4.69, 9.17) is 0 Å². The summed E-state index contributed by atoms with van der Waals surface area (Å²) in [6, 6.07) is 123. The van der Waals surface area contributed by atoms with Crippen LogP contribution in [0.2, 0.25) is 0 Å². The molecule has 0 aromatic heterocycles. The fraction of sp³-hybridized carbons (Fsp3) is 0.184. The van der Waals surface area contributed by atoms with Gasteiger partial charge in [0.2, 0.25) is 0 Å². The summed E-state index contributed by atoms with van der Waals surface area (Å²) in [6.45, 7) is 6.95. The van der Waals surface area contributed by atoms with Crippen LogP contribution in [-0.4, -0.2) is 7.05 Å². The molecule has 4 nitrogen and oxygen atoms in total. The van der Waals surface area contributed by atoms with Gasteiger partial charge < -0.3 is 19.6 Å². The van der Waals surface area contributed by atoms with E-state index < -0.39 is 0 Å². The number of rotatable bonds is 26. The van der Waals surface area contributed by atoms with Gasteiger partial charge in [0.05, 0.1) is 0 Å². The van der Waals surface area contributed by atoms with E-state index in [9.17, 15) is 0 Å². The molecule has 0 bridgehead atoms. The predicted octanol–water partition coefficient (Wildman–Crippen LogP) is 28.9. The fourth-order valence-corrected chi connectivity index (χ4v) is 17.1. The first-order chi connectivity index (χ1) is 52.7. The molecule has 0 amide bonds. The Labute approximate surface area is 634 Å². The molecule has 0 spiro atoms. The van der Waals surface area contributed by atoms with Crippen molar-refractivity contribution < 1.29 is 0 Å². The van der Waals surface area contributed by atoms with Crippen LogP contribution in [0.5, 0.6) is 0 Å². The normalized spacial score (nSPS) is 12.8. The van der Waals surface area contributed by atoms with Crippen LogP contribution in [0, 0.1) is 6.92 Å². The second-order valence-corrected chi connectivity index (χ2v) is 30.1. The van der Waals surface area contributed by atoms with Crippen LogP contribution in [0.15, 0.2) is 328 Å². The average molecular weight is 1390 g/mol. The largest absolute Gasteiger partial charge is 0.345 e. The molecule has 0 saturated heterocycles. The first-order valence-electron chi connectivity index (χ1n) is 39.3. The maximum Gasteiger partial charge on any atom is 0.0465 e. The van der Waals surface area contributed by atoms with Crippen LogP contribution in [-0.2, 0) is 31.1 Å². The van der Waals surface area contributed by atoms with Gasteiger partial charge in [-0.1, -0.05) is 265 Å². The Hall–Kier alpha value is -11.7. The molecule has 4 heteroatoms. The second-order valence-electron chi connectivity index (χ2n) is 30.1. The van der Waals surface area contributed by atoms with Gasteiger partial charge >= 0.3 is 0 Å². The number of para-hydroxylation sites is 2. The molecule has 14 aromatic rings. The van der Waals surface area contributed by atoms with Crippen molar-refractivity contribution in [1.29, 1.82) is 0 Å². The summed E-state index contributed by atoms with van der Waals surface area (Å²) in [5.74, 6) is 0. The van der Waals surface area contributed by atoms with Gasteiger partial charge in [-0.05, 0) is 279 Å². The summed E-state index contributed by atoms with van der Waals surface area (Å²) in [6.07, 6.45) is 17.2. The molecule has 107 heavy (non-hydrogen) atoms. The lowest BCUT2D eigenvalue weighted by molar-refractivity contribution is 0.401. The highest BCUT2D eigenvalue weighted by Gasteiger charge is 2.43. The van der Waals surface area contributed by atoms with E-state index in [-0.39, 0.29) is 5.41 Å². The lowest BCUT2D eigenvalue weighted by Crippen LogP contribution is -2.26. The van der Waals surface area contributed by atoms with E-state index in [1.54, 1.807) is 5.56 Å². The number of fused-ring (bicyclic) bond motifs is 5. The summed E-state index contributed by atoms with van der Waals surface area (Å²) >= 11 is 0. The van der Waals surface area contributed by atoms with Crippen LogP contribution in [0.25, 0.3) is 66.8 Å². The van der Waals surface area contributed by atoms with Crippen molar-refractivity contribution >= 4 is 62.6 Å². The van der Waals surface area contributed by atoms with Gasteiger partial charge in [-0.3, -0.25) is 0 Å². The molecule has 14 aromatic carbocycles. The Morgan fingerprint density at radius 2 is 0.523 bits per heavy atom. The highest BCUT2D eigenvalue weighted by Crippen LogP contribution is 2.56. The first kappa shape index (κ1) is 68.4. The lowest BCUT2D eigenvalue weighted by atomic mass is 9.70. The Morgan fingerprint density at radius 3 is 0.850 bits per heavy atom. The van der Waals surface area contributed by atoms with Crippen LogP contribution < -0.4 is 19.6 Å². The molecule has 0 heterocycles. The summed E-state index contributed by atoms with van der Waals surface area (Å²) in [4.78, 5) is 9.47. The van der Waals surface area contributed by atoms with Crippen molar-refractivity contribution in [3.63, 3.8) is 0 Å². The van der Waals surface area contributed by atoms with Crippen LogP contribution >= 0.6 is 0 Å². The average Bonchev–Trinajstić information content (AvgIpc) is 1.56. The monoisotopic (exact) mass is 1390 g/mol. The van der Waals surface area contributed by atoms with Gasteiger partial charge in [0.1, 0.15) is 0 Å². The molecule has 0 radical (unpaired) electrons. The summed E-state index contributed by atoms with van der Waals surface area (Å²) in [5.41, 5.74) is 37.7. The summed E-state index contributed by atoms with van der Waals surface area (Å²) < 4.78 is 0. The van der Waals surface area contributed by atoms with Crippen LogP contribution in [0.4, 0.5) is 62.6 Å². The van der Waals surface area contributed by atoms with Crippen LogP contribution in [0.1, 0.15) is 117 Å². The van der Waals surface area contributed by atoms with Crippen molar-refractivity contribution in [1.82, 2.24) is 0 Å². The topological polar surface area (TPSA) is 13.0 Å². The molecular weight excluding hydrogens is 1290 g/mol. The number of aryl methyl sites for hydroxylation is 5. The first-order valence-corrected chi connectivity index (χ1v) is 39.3. The van der Waals surface area contributed by atoms with E-state index in [0.29, 0.717) is 0 Å². The summed E-state index contributed by atoms with van der Waals surface area (Å²) in [7, 11) is 2.15. The zero-order valence-electron chi connectivity index (χ0n) is 62.4. The van der Waals surface area contributed by atoms with Gasteiger partial charge in [0.25, 0.3) is 0 Å². The fourth-order valence-electron chi connectivity index (χ4n) is 17.1. The molecular formula is C103H94N4. The van der Waals surface area contributed by atoms with Gasteiger partial charge in [0, 0.05) is 75.0 Å². The molecule has 0 unspecified atom stereocenters. The molecule has 0 atom stereocenters. The number of anilines is 11. The zero-order valence-corrected chi connectivity index (χ0v) is 62.4. The molecule has 0 N–H and O–H groups in total. The molecule has 526 valence electrons. The predicted molar refractivity (Wildman–Crippen MR) is 455 cm³/mol. The van der Waals surface area contributed by atoms with E-state index in [1.165, 1.54) is 185 Å². The smallest absolute Gasteiger partial charge is 0.0465 e. The molecule has 3 aliphatic carbocycles. The standard InChI is InChI=1S/C103H94N4/c1-5-7-9-17-67-103(68-18-10-8-6-2)101-69-73(3)23-65-99(101)100-66-64-98(72-102(100)103)107(97-62-46-83(47-63-97)87-31-27-81-25-29-85(81)71-87)96-60-44-79(45-61-96)78-42-58-95(59-43-78)106(91-21-15-12-16-22-91)94-56-40-77(41-57-94)76-38-54-93(55-39-76)105(90-19-13-11-14-20-90)92-52-36-75(37-53-92)74-32-48-88(49-33-74)104(4)89-50-34-82(35-51-89)86-30-26-80-24-28-84(80)70-86/h11-16,19-23,26-27,30-66,69-72H,5-10,17-18,24-25,28-29,67-68H2,1-4H3. The number of hydrogen-bond donors (Lipinski definition) is 0. The third-order valence-electron chi connectivity index (χ3n) is 23.4. The Kier molecular flexibility index (Phi) is 19.4. The van der Waals surface area contributed by atoms with Crippen molar-refractivity contribution in [2.24, 2.45) is 0 Å². The minimum Gasteiger partial charge on any atom is -0.345 e. The van der Waals surface area contributed by atoms with Gasteiger partial charge in [-0.25, -0.2) is 0 Å². The minimum atomic E-state index is -0.0284. The molecule has 0 saturated carbocycles. The lowest BCUT2D eigenvalue weighted by Gasteiger charge is -2.34. The van der Waals surface area contributed by atoms with Crippen molar-refractivity contribution in [2.75, 3.05) is 26.6 Å². The quantitative estimate of drug-likeness (QED) is 0.0501. The van der Waals surface area contributed by atoms with Gasteiger partial charge in [-0.15, -0.1) is 0 Å². The van der Waals surface area contributed by atoms with E-state index >= 15 is 0 Å². The molecule has 17 rings (SSSR count). The number of benzene rings is 14. The molecule has 0 aliphatic heterocycles.